The highest BCUT2D eigenvalue weighted by molar-refractivity contribution is 7.87. The third-order valence-electron chi connectivity index (χ3n) is 2.60. The highest BCUT2D eigenvalue weighted by Gasteiger charge is 2.20. The van der Waals surface area contributed by atoms with Gasteiger partial charge in [0.15, 0.2) is 0 Å². The standard InChI is InChI=1S/C11H20N4O2S/c1-10(11-5-3-7-13-9-11)14-18(16,17)15(2)8-4-6-12/h3,5,7,9-10,14H,4,6,8,12H2,1-2H3. The number of rotatable bonds is 7. The molecule has 1 unspecified atom stereocenters. The van der Waals surface area contributed by atoms with Gasteiger partial charge in [-0.3, -0.25) is 4.98 Å². The Morgan fingerprint density at radius 2 is 2.28 bits per heavy atom. The van der Waals surface area contributed by atoms with Crippen LogP contribution in [0.15, 0.2) is 24.5 Å². The molecule has 0 aliphatic carbocycles. The van der Waals surface area contributed by atoms with E-state index in [0.29, 0.717) is 19.5 Å². The number of pyridine rings is 1. The number of nitrogens with two attached hydrogens (primary N) is 1. The fourth-order valence-corrected chi connectivity index (χ4v) is 2.58. The summed E-state index contributed by atoms with van der Waals surface area (Å²) < 4.78 is 27.8. The zero-order chi connectivity index (χ0) is 13.6. The highest BCUT2D eigenvalue weighted by Crippen LogP contribution is 2.12. The third-order valence-corrected chi connectivity index (χ3v) is 4.25. The Kier molecular flexibility index (Phi) is 5.67. The van der Waals surface area contributed by atoms with Gasteiger partial charge < -0.3 is 5.73 Å². The lowest BCUT2D eigenvalue weighted by atomic mass is 10.2. The van der Waals surface area contributed by atoms with Gasteiger partial charge >= 0.3 is 0 Å². The molecule has 0 radical (unpaired) electrons. The molecule has 0 aliphatic heterocycles. The first-order valence-electron chi connectivity index (χ1n) is 5.81. The number of aromatic nitrogens is 1. The maximum atomic E-state index is 12.0. The maximum absolute atomic E-state index is 12.0. The van der Waals surface area contributed by atoms with E-state index in [1.807, 2.05) is 6.07 Å². The van der Waals surface area contributed by atoms with Crippen LogP contribution in [0.4, 0.5) is 0 Å². The molecule has 0 aromatic carbocycles. The van der Waals surface area contributed by atoms with Gasteiger partial charge in [0.2, 0.25) is 0 Å². The number of nitrogens with zero attached hydrogens (tertiary/aromatic N) is 2. The van der Waals surface area contributed by atoms with Crippen molar-refractivity contribution in [2.75, 3.05) is 20.1 Å². The Bertz CT molecular complexity index is 449. The molecule has 6 nitrogen and oxygen atoms in total. The first kappa shape index (κ1) is 15.0. The summed E-state index contributed by atoms with van der Waals surface area (Å²) in [7, 11) is -1.94. The van der Waals surface area contributed by atoms with E-state index in [-0.39, 0.29) is 6.04 Å². The molecular formula is C11H20N4O2S. The zero-order valence-electron chi connectivity index (χ0n) is 10.7. The molecule has 1 aromatic rings. The average molecular weight is 272 g/mol. The van der Waals surface area contributed by atoms with Gasteiger partial charge in [-0.25, -0.2) is 0 Å². The SMILES string of the molecule is CC(NS(=O)(=O)N(C)CCCN)c1cccnc1. The first-order valence-corrected chi connectivity index (χ1v) is 7.25. The lowest BCUT2D eigenvalue weighted by molar-refractivity contribution is 0.446. The summed E-state index contributed by atoms with van der Waals surface area (Å²) in [5, 5.41) is 0. The predicted octanol–water partition coefficient (Wildman–Crippen LogP) is 0.258. The van der Waals surface area contributed by atoms with E-state index in [0.717, 1.165) is 5.56 Å². The zero-order valence-corrected chi connectivity index (χ0v) is 11.5. The molecule has 0 fully saturated rings. The van der Waals surface area contributed by atoms with Crippen molar-refractivity contribution in [1.29, 1.82) is 0 Å². The van der Waals surface area contributed by atoms with E-state index >= 15 is 0 Å². The van der Waals surface area contributed by atoms with Crippen molar-refractivity contribution in [2.45, 2.75) is 19.4 Å². The predicted molar refractivity (Wildman–Crippen MR) is 71.0 cm³/mol. The van der Waals surface area contributed by atoms with Gasteiger partial charge in [-0.05, 0) is 31.5 Å². The van der Waals surface area contributed by atoms with Crippen LogP contribution >= 0.6 is 0 Å². The molecule has 1 aromatic heterocycles. The van der Waals surface area contributed by atoms with Gasteiger partial charge in [-0.2, -0.15) is 17.4 Å². The molecular weight excluding hydrogens is 252 g/mol. The van der Waals surface area contributed by atoms with Crippen molar-refractivity contribution < 1.29 is 8.42 Å². The third kappa shape index (κ3) is 4.34. The van der Waals surface area contributed by atoms with E-state index in [4.69, 9.17) is 5.73 Å². The van der Waals surface area contributed by atoms with Crippen molar-refractivity contribution >= 4 is 10.2 Å². The summed E-state index contributed by atoms with van der Waals surface area (Å²) in [6, 6.07) is 3.29. The van der Waals surface area contributed by atoms with Crippen LogP contribution in [-0.4, -0.2) is 37.8 Å². The number of nitrogens with one attached hydrogen (secondary N) is 1. The van der Waals surface area contributed by atoms with Crippen LogP contribution in [0.25, 0.3) is 0 Å². The number of hydrogen-bond acceptors (Lipinski definition) is 4. The van der Waals surface area contributed by atoms with Crippen molar-refractivity contribution in [3.05, 3.63) is 30.1 Å². The van der Waals surface area contributed by atoms with Gasteiger partial charge in [-0.1, -0.05) is 6.07 Å². The summed E-state index contributed by atoms with van der Waals surface area (Å²) in [5.41, 5.74) is 6.19. The Morgan fingerprint density at radius 3 is 2.83 bits per heavy atom. The van der Waals surface area contributed by atoms with Gasteiger partial charge in [0, 0.05) is 32.0 Å². The Labute approximate surface area is 108 Å². The van der Waals surface area contributed by atoms with Crippen molar-refractivity contribution in [2.24, 2.45) is 5.73 Å². The molecule has 0 spiro atoms. The molecule has 18 heavy (non-hydrogen) atoms. The summed E-state index contributed by atoms with van der Waals surface area (Å²) >= 11 is 0. The maximum Gasteiger partial charge on any atom is 0.279 e. The summed E-state index contributed by atoms with van der Waals surface area (Å²) in [5.74, 6) is 0. The lowest BCUT2D eigenvalue weighted by Crippen LogP contribution is -2.40. The summed E-state index contributed by atoms with van der Waals surface area (Å²) in [4.78, 5) is 3.97. The lowest BCUT2D eigenvalue weighted by Gasteiger charge is -2.20. The molecule has 0 amide bonds. The van der Waals surface area contributed by atoms with E-state index in [1.54, 1.807) is 25.4 Å². The summed E-state index contributed by atoms with van der Waals surface area (Å²) in [6.45, 7) is 2.66. The Morgan fingerprint density at radius 1 is 1.56 bits per heavy atom. The van der Waals surface area contributed by atoms with Gasteiger partial charge in [-0.15, -0.1) is 0 Å². The second kappa shape index (κ2) is 6.79. The highest BCUT2D eigenvalue weighted by atomic mass is 32.2. The van der Waals surface area contributed by atoms with E-state index in [2.05, 4.69) is 9.71 Å². The van der Waals surface area contributed by atoms with Crippen LogP contribution in [0, 0.1) is 0 Å². The van der Waals surface area contributed by atoms with E-state index < -0.39 is 10.2 Å². The minimum Gasteiger partial charge on any atom is -0.330 e. The second-order valence-electron chi connectivity index (χ2n) is 4.09. The van der Waals surface area contributed by atoms with Crippen molar-refractivity contribution in [1.82, 2.24) is 14.0 Å². The molecule has 0 saturated heterocycles. The monoisotopic (exact) mass is 272 g/mol. The molecule has 0 bridgehead atoms. The number of hydrogen-bond donors (Lipinski definition) is 2. The largest absolute Gasteiger partial charge is 0.330 e. The van der Waals surface area contributed by atoms with Crippen molar-refractivity contribution in [3.8, 4) is 0 Å². The molecule has 1 rings (SSSR count). The van der Waals surface area contributed by atoms with Crippen LogP contribution in [0.3, 0.4) is 0 Å². The molecule has 0 aliphatic rings. The topological polar surface area (TPSA) is 88.3 Å². The first-order chi connectivity index (χ1) is 8.47. The quantitative estimate of drug-likeness (QED) is 0.745. The van der Waals surface area contributed by atoms with Gasteiger partial charge in [0.05, 0.1) is 0 Å². The fraction of sp³-hybridized carbons (Fsp3) is 0.545. The molecule has 1 heterocycles. The van der Waals surface area contributed by atoms with Crippen LogP contribution in [0.2, 0.25) is 0 Å². The Hall–Kier alpha value is -1.02. The summed E-state index contributed by atoms with van der Waals surface area (Å²) in [6.07, 6.45) is 3.93. The smallest absolute Gasteiger partial charge is 0.279 e. The molecule has 1 atom stereocenters. The fourth-order valence-electron chi connectivity index (χ4n) is 1.45. The minimum absolute atomic E-state index is 0.316. The van der Waals surface area contributed by atoms with Crippen LogP contribution in [0.1, 0.15) is 24.9 Å². The van der Waals surface area contributed by atoms with Crippen LogP contribution in [0.5, 0.6) is 0 Å². The van der Waals surface area contributed by atoms with Gasteiger partial charge in [0.1, 0.15) is 0 Å². The Balaban J connectivity index is 2.65. The normalized spacial score (nSPS) is 13.8. The van der Waals surface area contributed by atoms with Crippen LogP contribution < -0.4 is 10.5 Å². The molecule has 102 valence electrons. The average Bonchev–Trinajstić information content (AvgIpc) is 2.36. The van der Waals surface area contributed by atoms with Crippen molar-refractivity contribution in [3.63, 3.8) is 0 Å². The van der Waals surface area contributed by atoms with Crippen LogP contribution in [-0.2, 0) is 10.2 Å². The minimum atomic E-state index is -3.48. The van der Waals surface area contributed by atoms with E-state index in [9.17, 15) is 8.42 Å². The molecule has 3 N–H and O–H groups in total. The second-order valence-corrected chi connectivity index (χ2v) is 5.90. The molecule has 7 heteroatoms. The molecule has 0 saturated carbocycles. The van der Waals surface area contributed by atoms with E-state index in [1.165, 1.54) is 11.4 Å². The van der Waals surface area contributed by atoms with Gasteiger partial charge in [0.25, 0.3) is 10.2 Å².